The summed E-state index contributed by atoms with van der Waals surface area (Å²) in [6.45, 7) is 3.16. The van der Waals surface area contributed by atoms with Crippen molar-refractivity contribution in [1.82, 2.24) is 15.2 Å². The summed E-state index contributed by atoms with van der Waals surface area (Å²) in [5.41, 5.74) is 2.32. The molecule has 2 aliphatic heterocycles. The van der Waals surface area contributed by atoms with Crippen LogP contribution in [-0.2, 0) is 22.6 Å². The molecule has 2 aromatic rings. The second-order valence-corrected chi connectivity index (χ2v) is 6.90. The third-order valence-corrected chi connectivity index (χ3v) is 5.01. The molecule has 1 N–H and O–H groups in total. The Kier molecular flexibility index (Phi) is 4.76. The second kappa shape index (κ2) is 7.33. The molecule has 1 aromatic carbocycles. The Labute approximate surface area is 148 Å². The minimum Gasteiger partial charge on any atom is -0.371 e. The molecule has 1 aromatic heterocycles. The van der Waals surface area contributed by atoms with E-state index in [1.165, 1.54) is 5.56 Å². The van der Waals surface area contributed by atoms with E-state index in [2.05, 4.69) is 39.5 Å². The zero-order valence-electron chi connectivity index (χ0n) is 14.2. The number of pyridine rings is 1. The zero-order chi connectivity index (χ0) is 17.1. The molecular formula is C20H23N3O2. The number of fused-ring (bicyclic) bond motifs is 2. The van der Waals surface area contributed by atoms with Crippen molar-refractivity contribution in [2.75, 3.05) is 13.1 Å². The molecule has 25 heavy (non-hydrogen) atoms. The van der Waals surface area contributed by atoms with E-state index >= 15 is 0 Å². The Morgan fingerprint density at radius 2 is 2.00 bits per heavy atom. The van der Waals surface area contributed by atoms with Gasteiger partial charge in [0.2, 0.25) is 5.91 Å². The molecule has 3 unspecified atom stereocenters. The number of carbonyl (C=O) groups is 1. The minimum atomic E-state index is -0.0533. The van der Waals surface area contributed by atoms with Gasteiger partial charge in [-0.2, -0.15) is 0 Å². The molecule has 3 heterocycles. The van der Waals surface area contributed by atoms with Crippen molar-refractivity contribution in [3.8, 4) is 0 Å². The number of aromatic nitrogens is 1. The van der Waals surface area contributed by atoms with Gasteiger partial charge >= 0.3 is 0 Å². The first-order valence-corrected chi connectivity index (χ1v) is 8.86. The van der Waals surface area contributed by atoms with Gasteiger partial charge in [0, 0.05) is 38.6 Å². The van der Waals surface area contributed by atoms with Crippen LogP contribution in [0.2, 0.25) is 0 Å². The molecule has 0 spiro atoms. The van der Waals surface area contributed by atoms with Gasteiger partial charge in [-0.15, -0.1) is 0 Å². The quantitative estimate of drug-likeness (QED) is 0.907. The maximum Gasteiger partial charge on any atom is 0.226 e. The fraction of sp³-hybridized carbons (Fsp3) is 0.400. The summed E-state index contributed by atoms with van der Waals surface area (Å²) in [6.07, 6.45) is 4.49. The van der Waals surface area contributed by atoms with E-state index in [9.17, 15) is 4.79 Å². The monoisotopic (exact) mass is 337 g/mol. The number of amides is 1. The van der Waals surface area contributed by atoms with E-state index in [1.807, 2.05) is 18.2 Å². The van der Waals surface area contributed by atoms with Crippen molar-refractivity contribution < 1.29 is 9.53 Å². The van der Waals surface area contributed by atoms with Gasteiger partial charge in [0.25, 0.3) is 0 Å². The molecule has 5 heteroatoms. The van der Waals surface area contributed by atoms with Crippen LogP contribution in [-0.4, -0.2) is 41.1 Å². The van der Waals surface area contributed by atoms with Gasteiger partial charge in [0.05, 0.1) is 18.1 Å². The van der Waals surface area contributed by atoms with Crippen LogP contribution in [0.5, 0.6) is 0 Å². The smallest absolute Gasteiger partial charge is 0.226 e. The van der Waals surface area contributed by atoms with Crippen LogP contribution in [0, 0.1) is 5.92 Å². The molecule has 3 atom stereocenters. The first-order valence-electron chi connectivity index (χ1n) is 8.86. The van der Waals surface area contributed by atoms with E-state index in [1.54, 1.807) is 12.4 Å². The second-order valence-electron chi connectivity index (χ2n) is 6.90. The van der Waals surface area contributed by atoms with Crippen molar-refractivity contribution >= 4 is 5.91 Å². The van der Waals surface area contributed by atoms with E-state index < -0.39 is 0 Å². The van der Waals surface area contributed by atoms with Gasteiger partial charge in [-0.25, -0.2) is 0 Å². The van der Waals surface area contributed by atoms with Crippen LogP contribution in [0.3, 0.4) is 0 Å². The minimum absolute atomic E-state index is 0.00337. The van der Waals surface area contributed by atoms with E-state index in [0.29, 0.717) is 6.54 Å². The highest BCUT2D eigenvalue weighted by Crippen LogP contribution is 2.32. The van der Waals surface area contributed by atoms with Crippen LogP contribution >= 0.6 is 0 Å². The highest BCUT2D eigenvalue weighted by molar-refractivity contribution is 5.79. The number of hydrogen-bond acceptors (Lipinski definition) is 4. The molecule has 1 amide bonds. The summed E-state index contributed by atoms with van der Waals surface area (Å²) in [7, 11) is 0. The topological polar surface area (TPSA) is 54.5 Å². The fourth-order valence-corrected chi connectivity index (χ4v) is 3.81. The normalized spacial score (nSPS) is 25.7. The van der Waals surface area contributed by atoms with Gasteiger partial charge in [-0.1, -0.05) is 36.4 Å². The summed E-state index contributed by atoms with van der Waals surface area (Å²) in [6, 6.07) is 14.3. The van der Waals surface area contributed by atoms with Crippen molar-refractivity contribution in [3.05, 3.63) is 66.0 Å². The highest BCUT2D eigenvalue weighted by Gasteiger charge is 2.44. The Balaban J connectivity index is 1.33. The van der Waals surface area contributed by atoms with E-state index in [-0.39, 0.29) is 24.0 Å². The van der Waals surface area contributed by atoms with Crippen molar-refractivity contribution in [2.24, 2.45) is 5.92 Å². The molecule has 2 fully saturated rings. The number of nitrogens with one attached hydrogen (secondary N) is 1. The number of morpholine rings is 1. The number of nitrogens with zero attached hydrogens (tertiary/aromatic N) is 2. The van der Waals surface area contributed by atoms with Crippen molar-refractivity contribution in [2.45, 2.75) is 31.7 Å². The number of hydrogen-bond donors (Lipinski definition) is 1. The third-order valence-electron chi connectivity index (χ3n) is 5.01. The van der Waals surface area contributed by atoms with Gasteiger partial charge in [0.15, 0.2) is 0 Å². The average molecular weight is 337 g/mol. The van der Waals surface area contributed by atoms with Crippen LogP contribution < -0.4 is 5.32 Å². The number of ether oxygens (including phenoxy) is 1. The Bertz CT molecular complexity index is 707. The lowest BCUT2D eigenvalue weighted by molar-refractivity contribution is -0.128. The SMILES string of the molecule is O=C(NCc1cccnc1)C1CC2CN(Cc3ccccc3)CC1O2. The molecule has 5 nitrogen and oxygen atoms in total. The molecule has 130 valence electrons. The molecule has 2 saturated heterocycles. The molecule has 2 aliphatic rings. The lowest BCUT2D eigenvalue weighted by Crippen LogP contribution is -2.44. The van der Waals surface area contributed by atoms with Gasteiger partial charge < -0.3 is 10.1 Å². The first kappa shape index (κ1) is 16.2. The van der Waals surface area contributed by atoms with E-state index in [4.69, 9.17) is 4.74 Å². The van der Waals surface area contributed by atoms with Crippen molar-refractivity contribution in [1.29, 1.82) is 0 Å². The summed E-state index contributed by atoms with van der Waals surface area (Å²) < 4.78 is 6.04. The Morgan fingerprint density at radius 1 is 1.16 bits per heavy atom. The van der Waals surface area contributed by atoms with Gasteiger partial charge in [-0.3, -0.25) is 14.7 Å². The van der Waals surface area contributed by atoms with E-state index in [0.717, 1.165) is 31.6 Å². The summed E-state index contributed by atoms with van der Waals surface area (Å²) >= 11 is 0. The lowest BCUT2D eigenvalue weighted by atomic mass is 9.99. The van der Waals surface area contributed by atoms with Gasteiger partial charge in [0.1, 0.15) is 0 Å². The first-order chi connectivity index (χ1) is 12.3. The van der Waals surface area contributed by atoms with Crippen molar-refractivity contribution in [3.63, 3.8) is 0 Å². The zero-order valence-corrected chi connectivity index (χ0v) is 14.2. The molecule has 2 bridgehead atoms. The predicted molar refractivity (Wildman–Crippen MR) is 94.6 cm³/mol. The molecule has 0 saturated carbocycles. The number of carbonyl (C=O) groups excluding carboxylic acids is 1. The molecular weight excluding hydrogens is 314 g/mol. The van der Waals surface area contributed by atoms with Crippen LogP contribution in [0.4, 0.5) is 0 Å². The summed E-state index contributed by atoms with van der Waals surface area (Å²) in [4.78, 5) is 19.1. The number of rotatable bonds is 5. The number of benzene rings is 1. The van der Waals surface area contributed by atoms with Crippen LogP contribution in [0.25, 0.3) is 0 Å². The Hall–Kier alpha value is -2.24. The molecule has 0 aliphatic carbocycles. The average Bonchev–Trinajstić information content (AvgIpc) is 2.96. The van der Waals surface area contributed by atoms with Crippen LogP contribution in [0.15, 0.2) is 54.9 Å². The number of likely N-dealkylation sites (tertiary alicyclic amines) is 1. The molecule has 4 rings (SSSR count). The highest BCUT2D eigenvalue weighted by atomic mass is 16.5. The van der Waals surface area contributed by atoms with Crippen LogP contribution in [0.1, 0.15) is 17.5 Å². The lowest BCUT2D eigenvalue weighted by Gasteiger charge is -2.32. The molecule has 0 radical (unpaired) electrons. The maximum atomic E-state index is 12.6. The predicted octanol–water partition coefficient (Wildman–Crippen LogP) is 1.99. The standard InChI is InChI=1S/C20H23N3O2/c24-20(22-11-16-7-4-8-21-10-16)18-9-17-13-23(14-19(18)25-17)12-15-5-2-1-3-6-15/h1-8,10,17-19H,9,11-14H2,(H,22,24). The maximum absolute atomic E-state index is 12.6. The van der Waals surface area contributed by atoms with Gasteiger partial charge in [-0.05, 0) is 23.6 Å². The fourth-order valence-electron chi connectivity index (χ4n) is 3.81. The third kappa shape index (κ3) is 3.89. The summed E-state index contributed by atoms with van der Waals surface area (Å²) in [5.74, 6) is 0.0420. The largest absolute Gasteiger partial charge is 0.371 e. The summed E-state index contributed by atoms with van der Waals surface area (Å²) in [5, 5.41) is 3.04. The Morgan fingerprint density at radius 3 is 2.80 bits per heavy atom.